The molecule has 1 rings (SSSR count). The predicted octanol–water partition coefficient (Wildman–Crippen LogP) is 1.83. The lowest BCUT2D eigenvalue weighted by atomic mass is 10.2. The van der Waals surface area contributed by atoms with Crippen LogP contribution in [0.1, 0.15) is 12.5 Å². The van der Waals surface area contributed by atoms with Gasteiger partial charge in [0, 0.05) is 5.88 Å². The summed E-state index contributed by atoms with van der Waals surface area (Å²) in [4.78, 5) is 11.0. The molecule has 0 fully saturated rings. The van der Waals surface area contributed by atoms with E-state index in [-0.39, 0.29) is 12.5 Å². The Labute approximate surface area is 110 Å². The van der Waals surface area contributed by atoms with Crippen molar-refractivity contribution in [3.63, 3.8) is 0 Å². The van der Waals surface area contributed by atoms with Crippen LogP contribution in [0.15, 0.2) is 24.3 Å². The van der Waals surface area contributed by atoms with E-state index in [0.29, 0.717) is 11.3 Å². The fourth-order valence-corrected chi connectivity index (χ4v) is 2.23. The van der Waals surface area contributed by atoms with E-state index in [1.807, 2.05) is 0 Å². The van der Waals surface area contributed by atoms with Gasteiger partial charge in [-0.2, -0.15) is 8.42 Å². The molecule has 1 aromatic rings. The minimum atomic E-state index is -4.02. The fraction of sp³-hybridized carbons (Fsp3) is 0.300. The molecule has 0 spiro atoms. The maximum absolute atomic E-state index is 11.6. The zero-order valence-corrected chi connectivity index (χ0v) is 11.2. The number of hydrogen-bond acceptors (Lipinski definition) is 4. The molecule has 2 N–H and O–H groups in total. The molecule has 0 aromatic heterocycles. The van der Waals surface area contributed by atoms with Gasteiger partial charge in [-0.3, -0.25) is 4.72 Å². The van der Waals surface area contributed by atoms with Crippen molar-refractivity contribution in [2.45, 2.75) is 12.8 Å². The normalized spacial score (nSPS) is 10.8. The van der Waals surface area contributed by atoms with E-state index in [4.69, 9.17) is 11.6 Å². The Bertz CT molecular complexity index is 518. The first-order valence-electron chi connectivity index (χ1n) is 5.09. The summed E-state index contributed by atoms with van der Waals surface area (Å²) in [5.41, 5.74) is 0.915. The van der Waals surface area contributed by atoms with E-state index in [9.17, 15) is 13.2 Å². The molecule has 0 saturated carbocycles. The number of carbonyl (C=O) groups excluding carboxylic acids is 1. The van der Waals surface area contributed by atoms with Crippen molar-refractivity contribution in [3.8, 4) is 0 Å². The Morgan fingerprint density at radius 3 is 2.67 bits per heavy atom. The Hall–Kier alpha value is -1.47. The van der Waals surface area contributed by atoms with Gasteiger partial charge in [-0.05, 0) is 18.6 Å². The van der Waals surface area contributed by atoms with Crippen LogP contribution in [-0.2, 0) is 20.8 Å². The number of anilines is 1. The highest BCUT2D eigenvalue weighted by Crippen LogP contribution is 2.17. The van der Waals surface area contributed by atoms with Crippen LogP contribution in [0.25, 0.3) is 0 Å². The molecule has 0 heterocycles. The van der Waals surface area contributed by atoms with Gasteiger partial charge in [-0.15, -0.1) is 11.6 Å². The van der Waals surface area contributed by atoms with Gasteiger partial charge in [0.25, 0.3) is 0 Å². The number of para-hydroxylation sites is 1. The van der Waals surface area contributed by atoms with Gasteiger partial charge < -0.3 is 4.74 Å². The first kappa shape index (κ1) is 14.6. The smallest absolute Gasteiger partial charge is 0.422 e. The van der Waals surface area contributed by atoms with Gasteiger partial charge in [0.1, 0.15) is 0 Å². The Balaban J connectivity index is 2.79. The quantitative estimate of drug-likeness (QED) is 0.811. The van der Waals surface area contributed by atoms with Crippen LogP contribution in [0.4, 0.5) is 10.5 Å². The number of hydrogen-bond donors (Lipinski definition) is 2. The highest BCUT2D eigenvalue weighted by molar-refractivity contribution is 7.91. The molecule has 0 aliphatic rings. The minimum Gasteiger partial charge on any atom is -0.449 e. The SMILES string of the molecule is CCOC(=O)NS(=O)(=O)Nc1ccccc1CCl. The van der Waals surface area contributed by atoms with Crippen molar-refractivity contribution < 1.29 is 17.9 Å². The molecule has 0 saturated heterocycles. The van der Waals surface area contributed by atoms with Crippen molar-refractivity contribution in [3.05, 3.63) is 29.8 Å². The maximum atomic E-state index is 11.6. The summed E-state index contributed by atoms with van der Waals surface area (Å²) in [5, 5.41) is 0. The minimum absolute atomic E-state index is 0.0830. The second-order valence-corrected chi connectivity index (χ2v) is 4.90. The van der Waals surface area contributed by atoms with E-state index in [1.165, 1.54) is 0 Å². The van der Waals surface area contributed by atoms with Crippen molar-refractivity contribution >= 4 is 33.6 Å². The highest BCUT2D eigenvalue weighted by Gasteiger charge is 2.16. The van der Waals surface area contributed by atoms with Crippen LogP contribution in [0.2, 0.25) is 0 Å². The van der Waals surface area contributed by atoms with Crippen LogP contribution in [0, 0.1) is 0 Å². The van der Waals surface area contributed by atoms with Gasteiger partial charge in [0.05, 0.1) is 12.3 Å². The van der Waals surface area contributed by atoms with Crippen molar-refractivity contribution in [1.29, 1.82) is 0 Å². The summed E-state index contributed by atoms with van der Waals surface area (Å²) >= 11 is 5.67. The molecule has 100 valence electrons. The summed E-state index contributed by atoms with van der Waals surface area (Å²) in [6.07, 6.45) is -1.03. The molecule has 1 aromatic carbocycles. The number of halogens is 1. The number of carbonyl (C=O) groups is 1. The predicted molar refractivity (Wildman–Crippen MR) is 68.7 cm³/mol. The summed E-state index contributed by atoms with van der Waals surface area (Å²) in [6, 6.07) is 6.60. The zero-order chi connectivity index (χ0) is 13.6. The Kier molecular flexibility index (Phi) is 5.24. The monoisotopic (exact) mass is 292 g/mol. The average molecular weight is 293 g/mol. The largest absolute Gasteiger partial charge is 0.449 e. The van der Waals surface area contributed by atoms with Gasteiger partial charge >= 0.3 is 16.3 Å². The van der Waals surface area contributed by atoms with Crippen LogP contribution < -0.4 is 9.44 Å². The van der Waals surface area contributed by atoms with Crippen molar-refractivity contribution in [2.24, 2.45) is 0 Å². The second-order valence-electron chi connectivity index (χ2n) is 3.22. The lowest BCUT2D eigenvalue weighted by Crippen LogP contribution is -2.35. The molecule has 0 atom stereocenters. The Morgan fingerprint density at radius 1 is 1.39 bits per heavy atom. The standard InChI is InChI=1S/C10H13ClN2O4S/c1-2-17-10(14)13-18(15,16)12-9-6-4-3-5-8(9)7-11/h3-6,12H,2,7H2,1H3,(H,13,14). The maximum Gasteiger partial charge on any atom is 0.422 e. The van der Waals surface area contributed by atoms with Gasteiger partial charge in [0.15, 0.2) is 0 Å². The van der Waals surface area contributed by atoms with E-state index >= 15 is 0 Å². The number of ether oxygens (including phenoxy) is 1. The molecule has 0 radical (unpaired) electrons. The summed E-state index contributed by atoms with van der Waals surface area (Å²) in [5.74, 6) is 0.151. The van der Waals surface area contributed by atoms with Crippen LogP contribution in [0.5, 0.6) is 0 Å². The zero-order valence-electron chi connectivity index (χ0n) is 9.64. The molecule has 18 heavy (non-hydrogen) atoms. The third-order valence-electron chi connectivity index (χ3n) is 1.90. The number of rotatable bonds is 5. The summed E-state index contributed by atoms with van der Waals surface area (Å²) in [6.45, 7) is 1.65. The lowest BCUT2D eigenvalue weighted by Gasteiger charge is -2.11. The van der Waals surface area contributed by atoms with Crippen LogP contribution >= 0.6 is 11.6 Å². The number of alkyl halides is 1. The molecule has 6 nitrogen and oxygen atoms in total. The molecule has 0 aliphatic carbocycles. The van der Waals surface area contributed by atoms with E-state index in [1.54, 1.807) is 35.9 Å². The topological polar surface area (TPSA) is 84.5 Å². The second kappa shape index (κ2) is 6.46. The summed E-state index contributed by atoms with van der Waals surface area (Å²) < 4.78 is 31.6. The van der Waals surface area contributed by atoms with E-state index < -0.39 is 16.3 Å². The molecular weight excluding hydrogens is 280 g/mol. The number of benzene rings is 1. The highest BCUT2D eigenvalue weighted by atomic mass is 35.5. The fourth-order valence-electron chi connectivity index (χ4n) is 1.18. The van der Waals surface area contributed by atoms with Crippen molar-refractivity contribution in [2.75, 3.05) is 11.3 Å². The molecule has 0 aliphatic heterocycles. The lowest BCUT2D eigenvalue weighted by molar-refractivity contribution is 0.159. The van der Waals surface area contributed by atoms with Gasteiger partial charge in [-0.25, -0.2) is 9.52 Å². The Morgan fingerprint density at radius 2 is 2.06 bits per heavy atom. The molecule has 8 heteroatoms. The number of nitrogens with one attached hydrogen (secondary N) is 2. The molecule has 1 amide bonds. The first-order valence-corrected chi connectivity index (χ1v) is 7.11. The van der Waals surface area contributed by atoms with Crippen LogP contribution in [-0.4, -0.2) is 21.1 Å². The third-order valence-corrected chi connectivity index (χ3v) is 3.11. The molecular formula is C10H13ClN2O4S. The molecule has 0 unspecified atom stereocenters. The summed E-state index contributed by atoms with van der Waals surface area (Å²) in [7, 11) is -4.02. The average Bonchev–Trinajstić information content (AvgIpc) is 2.28. The third kappa shape index (κ3) is 4.42. The van der Waals surface area contributed by atoms with E-state index in [0.717, 1.165) is 0 Å². The van der Waals surface area contributed by atoms with Crippen LogP contribution in [0.3, 0.4) is 0 Å². The van der Waals surface area contributed by atoms with Crippen molar-refractivity contribution in [1.82, 2.24) is 4.72 Å². The first-order chi connectivity index (χ1) is 8.48. The molecule has 0 bridgehead atoms. The van der Waals surface area contributed by atoms with Gasteiger partial charge in [0.2, 0.25) is 0 Å². The number of amides is 1. The van der Waals surface area contributed by atoms with Gasteiger partial charge in [-0.1, -0.05) is 18.2 Å². The van der Waals surface area contributed by atoms with E-state index in [2.05, 4.69) is 9.46 Å².